The third-order valence-electron chi connectivity index (χ3n) is 1.39. The molecule has 0 radical (unpaired) electrons. The van der Waals surface area contributed by atoms with Crippen LogP contribution in [0.1, 0.15) is 5.56 Å². The standard InChI is InChI=1S/C9H6BrNO3.Na.H/c10-8-4-2-6(5-11-8)1-3-7(12)9(13)14;;/h1-5H,(H,13,14);;/b3-1+;;. The van der Waals surface area contributed by atoms with E-state index in [1.807, 2.05) is 0 Å². The van der Waals surface area contributed by atoms with Gasteiger partial charge in [0.15, 0.2) is 0 Å². The summed E-state index contributed by atoms with van der Waals surface area (Å²) in [6, 6.07) is 3.41. The van der Waals surface area contributed by atoms with E-state index in [4.69, 9.17) is 5.11 Å². The average molecular weight is 280 g/mol. The number of hydrogen-bond donors (Lipinski definition) is 1. The Kier molecular flexibility index (Phi) is 6.67. The van der Waals surface area contributed by atoms with E-state index in [0.29, 0.717) is 10.2 Å². The van der Waals surface area contributed by atoms with Crippen LogP contribution in [0, 0.1) is 0 Å². The second-order valence-corrected chi connectivity index (χ2v) is 3.23. The number of ketones is 1. The van der Waals surface area contributed by atoms with E-state index in [0.717, 1.165) is 6.08 Å². The zero-order valence-corrected chi connectivity index (χ0v) is 8.56. The fourth-order valence-corrected chi connectivity index (χ4v) is 0.964. The minimum absolute atomic E-state index is 0. The maximum absolute atomic E-state index is 10.7. The molecule has 0 unspecified atom stereocenters. The number of carboxylic acid groups (broad SMARTS) is 1. The number of halogens is 1. The predicted molar refractivity (Wildman–Crippen MR) is 60.8 cm³/mol. The molecule has 0 aliphatic heterocycles. The van der Waals surface area contributed by atoms with Gasteiger partial charge in [0.05, 0.1) is 0 Å². The van der Waals surface area contributed by atoms with Crippen LogP contribution in [0.5, 0.6) is 0 Å². The molecule has 0 aromatic carbocycles. The molecule has 0 aliphatic carbocycles. The number of aliphatic carboxylic acids is 1. The van der Waals surface area contributed by atoms with Crippen molar-refractivity contribution in [3.8, 4) is 0 Å². The van der Waals surface area contributed by atoms with E-state index >= 15 is 0 Å². The van der Waals surface area contributed by atoms with Crippen LogP contribution in [-0.2, 0) is 9.59 Å². The van der Waals surface area contributed by atoms with E-state index in [9.17, 15) is 9.59 Å². The molecule has 1 N–H and O–H groups in total. The van der Waals surface area contributed by atoms with Gasteiger partial charge in [-0.15, -0.1) is 0 Å². The van der Waals surface area contributed by atoms with Crippen molar-refractivity contribution < 1.29 is 14.7 Å². The van der Waals surface area contributed by atoms with Crippen molar-refractivity contribution in [1.82, 2.24) is 4.98 Å². The van der Waals surface area contributed by atoms with Gasteiger partial charge in [0.1, 0.15) is 4.60 Å². The minimum atomic E-state index is -1.47. The number of aromatic nitrogens is 1. The van der Waals surface area contributed by atoms with Gasteiger partial charge >= 0.3 is 35.5 Å². The van der Waals surface area contributed by atoms with Gasteiger partial charge in [-0.3, -0.25) is 4.79 Å². The van der Waals surface area contributed by atoms with Crippen molar-refractivity contribution in [2.45, 2.75) is 0 Å². The molecule has 1 heterocycles. The SMILES string of the molecule is O=C(O)C(=O)/C=C/c1ccc(Br)nc1.[NaH]. The van der Waals surface area contributed by atoms with Gasteiger partial charge in [-0.2, -0.15) is 0 Å². The fourth-order valence-electron chi connectivity index (χ4n) is 0.729. The Morgan fingerprint density at radius 3 is 2.53 bits per heavy atom. The van der Waals surface area contributed by atoms with Crippen LogP contribution in [0.15, 0.2) is 29.0 Å². The molecule has 74 valence electrons. The fraction of sp³-hybridized carbons (Fsp3) is 0. The third-order valence-corrected chi connectivity index (χ3v) is 1.86. The van der Waals surface area contributed by atoms with Gasteiger partial charge in [-0.05, 0) is 39.7 Å². The van der Waals surface area contributed by atoms with Gasteiger partial charge in [-0.25, -0.2) is 9.78 Å². The molecule has 1 aromatic heterocycles. The summed E-state index contributed by atoms with van der Waals surface area (Å²) >= 11 is 3.15. The topological polar surface area (TPSA) is 67.3 Å². The summed E-state index contributed by atoms with van der Waals surface area (Å²) in [6.45, 7) is 0. The normalized spacial score (nSPS) is 9.67. The van der Waals surface area contributed by atoms with Crippen LogP contribution in [0.4, 0.5) is 0 Å². The molecule has 0 saturated carbocycles. The quantitative estimate of drug-likeness (QED) is 0.386. The van der Waals surface area contributed by atoms with E-state index in [2.05, 4.69) is 20.9 Å². The van der Waals surface area contributed by atoms with Gasteiger partial charge in [0.25, 0.3) is 5.78 Å². The number of carbonyl (C=O) groups excluding carboxylic acids is 1. The molecule has 0 fully saturated rings. The van der Waals surface area contributed by atoms with Crippen molar-refractivity contribution in [2.24, 2.45) is 0 Å². The summed E-state index contributed by atoms with van der Waals surface area (Å²) in [5.41, 5.74) is 0.669. The number of carbonyl (C=O) groups is 2. The molecule has 0 aliphatic rings. The summed E-state index contributed by atoms with van der Waals surface area (Å²) < 4.78 is 0.680. The van der Waals surface area contributed by atoms with Crippen molar-refractivity contribution in [3.63, 3.8) is 0 Å². The second-order valence-electron chi connectivity index (χ2n) is 2.42. The summed E-state index contributed by atoms with van der Waals surface area (Å²) in [5, 5.41) is 8.28. The number of nitrogens with zero attached hydrogens (tertiary/aromatic N) is 1. The Morgan fingerprint density at radius 1 is 1.40 bits per heavy atom. The van der Waals surface area contributed by atoms with E-state index in [-0.39, 0.29) is 29.6 Å². The molecule has 0 amide bonds. The molecule has 15 heavy (non-hydrogen) atoms. The number of carboxylic acids is 1. The monoisotopic (exact) mass is 279 g/mol. The molecule has 1 rings (SSSR count). The van der Waals surface area contributed by atoms with Crippen LogP contribution in [-0.4, -0.2) is 51.4 Å². The first-order valence-electron chi connectivity index (χ1n) is 3.66. The molecule has 0 spiro atoms. The summed E-state index contributed by atoms with van der Waals surface area (Å²) in [5.74, 6) is -2.42. The van der Waals surface area contributed by atoms with Gasteiger partial charge in [0, 0.05) is 6.20 Å². The predicted octanol–water partition coefficient (Wildman–Crippen LogP) is 0.862. The van der Waals surface area contributed by atoms with Crippen molar-refractivity contribution in [2.75, 3.05) is 0 Å². The van der Waals surface area contributed by atoms with Crippen LogP contribution in [0.3, 0.4) is 0 Å². The van der Waals surface area contributed by atoms with E-state index < -0.39 is 11.8 Å². The average Bonchev–Trinajstić information content (AvgIpc) is 2.16. The molecule has 0 bridgehead atoms. The Morgan fingerprint density at radius 2 is 2.07 bits per heavy atom. The Balaban J connectivity index is 0.00000196. The molecule has 0 atom stereocenters. The molecule has 1 aromatic rings. The zero-order valence-electron chi connectivity index (χ0n) is 6.98. The Hall–Kier alpha value is -0.490. The van der Waals surface area contributed by atoms with E-state index in [1.54, 1.807) is 12.1 Å². The van der Waals surface area contributed by atoms with Crippen LogP contribution < -0.4 is 0 Å². The first kappa shape index (κ1) is 14.5. The van der Waals surface area contributed by atoms with Crippen LogP contribution in [0.2, 0.25) is 0 Å². The third kappa shape index (κ3) is 5.22. The van der Waals surface area contributed by atoms with Crippen molar-refractivity contribution in [1.29, 1.82) is 0 Å². The number of rotatable bonds is 3. The van der Waals surface area contributed by atoms with Gasteiger partial charge in [0.2, 0.25) is 0 Å². The van der Waals surface area contributed by atoms with E-state index in [1.165, 1.54) is 12.3 Å². The summed E-state index contributed by atoms with van der Waals surface area (Å²) in [4.78, 5) is 24.7. The van der Waals surface area contributed by atoms with Crippen molar-refractivity contribution in [3.05, 3.63) is 34.6 Å². The Labute approximate surface area is 117 Å². The summed E-state index contributed by atoms with van der Waals surface area (Å²) in [6.07, 6.45) is 3.92. The molecule has 0 saturated heterocycles. The number of pyridine rings is 1. The molecule has 4 nitrogen and oxygen atoms in total. The number of hydrogen-bond acceptors (Lipinski definition) is 3. The Bertz CT molecular complexity index is 389. The van der Waals surface area contributed by atoms with Crippen LogP contribution in [0.25, 0.3) is 6.08 Å². The van der Waals surface area contributed by atoms with Gasteiger partial charge in [-0.1, -0.05) is 6.07 Å². The first-order chi connectivity index (χ1) is 6.59. The molecular weight excluding hydrogens is 273 g/mol. The maximum atomic E-state index is 10.7. The van der Waals surface area contributed by atoms with Crippen molar-refractivity contribution >= 4 is 63.3 Å². The molecular formula is C9H7BrNNaO3. The molecule has 6 heteroatoms. The second kappa shape index (κ2) is 6.90. The first-order valence-corrected chi connectivity index (χ1v) is 4.46. The summed E-state index contributed by atoms with van der Waals surface area (Å²) in [7, 11) is 0. The zero-order chi connectivity index (χ0) is 10.6. The van der Waals surface area contributed by atoms with Gasteiger partial charge < -0.3 is 5.11 Å². The van der Waals surface area contributed by atoms with Crippen LogP contribution >= 0.6 is 15.9 Å².